The van der Waals surface area contributed by atoms with Gasteiger partial charge in [0.2, 0.25) is 0 Å². The zero-order chi connectivity index (χ0) is 14.7. The number of hydrogen-bond donors (Lipinski definition) is 0. The Hall–Kier alpha value is 0.627. The van der Waals surface area contributed by atoms with Gasteiger partial charge in [-0.1, -0.05) is 52.6 Å². The number of rotatable bonds is 2. The van der Waals surface area contributed by atoms with Crippen molar-refractivity contribution in [3.63, 3.8) is 0 Å². The van der Waals surface area contributed by atoms with Gasteiger partial charge in [0.25, 0.3) is 0 Å². The molecular formula is C18H29Cl2HfSi. The minimum atomic E-state index is 0. The molecule has 1 radical (unpaired) electrons. The fourth-order valence-corrected chi connectivity index (χ4v) is 1.64. The van der Waals surface area contributed by atoms with Crippen LogP contribution in [0.25, 0.3) is 0 Å². The maximum absolute atomic E-state index is 3.26. The number of hydrogen-bond acceptors (Lipinski definition) is 0. The Morgan fingerprint density at radius 3 is 1.18 bits per heavy atom. The second-order valence-corrected chi connectivity index (χ2v) is 6.52. The maximum atomic E-state index is 3.26. The SMILES string of the molecule is CC(C)C1=[C-]CC=C1.CC(C)C1=[C-]CC=C1.C[SiH]C.[Cl-].[Cl-].[Hf+4]. The third-order valence-corrected chi connectivity index (χ3v) is 2.69. The zero-order valence-electron chi connectivity index (χ0n) is 14.7. The molecule has 2 aliphatic rings. The van der Waals surface area contributed by atoms with Gasteiger partial charge in [-0.3, -0.25) is 12.2 Å². The van der Waals surface area contributed by atoms with Crippen LogP contribution in [-0.4, -0.2) is 9.52 Å². The summed E-state index contributed by atoms with van der Waals surface area (Å²) in [5.41, 5.74) is 2.73. The Bertz CT molecular complexity index is 322. The molecule has 0 amide bonds. The van der Waals surface area contributed by atoms with Gasteiger partial charge in [0.05, 0.1) is 0 Å². The van der Waals surface area contributed by atoms with Crippen molar-refractivity contribution in [2.24, 2.45) is 11.8 Å². The van der Waals surface area contributed by atoms with Crippen molar-refractivity contribution in [1.82, 2.24) is 0 Å². The van der Waals surface area contributed by atoms with Crippen molar-refractivity contribution in [2.75, 3.05) is 0 Å². The molecule has 0 fully saturated rings. The van der Waals surface area contributed by atoms with Crippen LogP contribution in [0.3, 0.4) is 0 Å². The van der Waals surface area contributed by atoms with Crippen LogP contribution < -0.4 is 24.8 Å². The van der Waals surface area contributed by atoms with E-state index in [2.05, 4.69) is 77.2 Å². The minimum Gasteiger partial charge on any atom is -1.00 e. The first-order chi connectivity index (χ1) is 9.02. The second kappa shape index (κ2) is 19.7. The molecule has 0 aromatic rings. The number of halogens is 2. The molecule has 2 aliphatic carbocycles. The summed E-state index contributed by atoms with van der Waals surface area (Å²) in [6.07, 6.45) is 17.2. The molecule has 0 saturated carbocycles. The topological polar surface area (TPSA) is 0 Å². The van der Waals surface area contributed by atoms with Gasteiger partial charge in [0.1, 0.15) is 0 Å². The fraction of sp³-hybridized carbons (Fsp3) is 0.556. The van der Waals surface area contributed by atoms with Crippen LogP contribution in [-0.2, 0) is 25.8 Å². The van der Waals surface area contributed by atoms with E-state index >= 15 is 0 Å². The monoisotopic (exact) mass is 523 g/mol. The third-order valence-electron chi connectivity index (χ3n) is 2.69. The van der Waals surface area contributed by atoms with E-state index in [1.54, 1.807) is 0 Å². The van der Waals surface area contributed by atoms with E-state index in [1.165, 1.54) is 11.1 Å². The van der Waals surface area contributed by atoms with E-state index in [-0.39, 0.29) is 50.7 Å². The molecule has 0 bridgehead atoms. The van der Waals surface area contributed by atoms with Crippen LogP contribution in [0, 0.1) is 24.0 Å². The predicted octanol–water partition coefficient (Wildman–Crippen LogP) is -0.812. The summed E-state index contributed by atoms with van der Waals surface area (Å²) in [6.45, 7) is 13.2. The molecule has 2 rings (SSSR count). The molecule has 0 nitrogen and oxygen atoms in total. The zero-order valence-corrected chi connectivity index (χ0v) is 21.0. The normalized spacial score (nSPS) is 13.6. The van der Waals surface area contributed by atoms with Crippen LogP contribution in [0.5, 0.6) is 0 Å². The Balaban J connectivity index is -0.000000112. The van der Waals surface area contributed by atoms with E-state index in [1.807, 2.05) is 0 Å². The Kier molecular flexibility index (Phi) is 27.3. The summed E-state index contributed by atoms with van der Waals surface area (Å²) in [5, 5.41) is 0. The van der Waals surface area contributed by atoms with Gasteiger partial charge in [-0.05, 0) is 0 Å². The molecule has 123 valence electrons. The largest absolute Gasteiger partial charge is 4.00 e. The smallest absolute Gasteiger partial charge is 1.00 e. The average molecular weight is 523 g/mol. The van der Waals surface area contributed by atoms with Crippen molar-refractivity contribution in [3.05, 3.63) is 47.6 Å². The number of allylic oxidation sites excluding steroid dienone is 8. The second-order valence-electron chi connectivity index (χ2n) is 5.36. The van der Waals surface area contributed by atoms with Crippen LogP contribution in [0.4, 0.5) is 0 Å². The van der Waals surface area contributed by atoms with E-state index in [9.17, 15) is 0 Å². The Morgan fingerprint density at radius 1 is 0.818 bits per heavy atom. The van der Waals surface area contributed by atoms with Gasteiger partial charge in [0.15, 0.2) is 0 Å². The molecular weight excluding hydrogens is 494 g/mol. The summed E-state index contributed by atoms with van der Waals surface area (Å²) in [7, 11) is 0.750. The molecule has 4 heteroatoms. The van der Waals surface area contributed by atoms with Crippen molar-refractivity contribution in [1.29, 1.82) is 0 Å². The molecule has 0 heterocycles. The van der Waals surface area contributed by atoms with Crippen molar-refractivity contribution >= 4 is 9.52 Å². The summed E-state index contributed by atoms with van der Waals surface area (Å²) < 4.78 is 0. The van der Waals surface area contributed by atoms with Crippen LogP contribution >= 0.6 is 0 Å². The Labute approximate surface area is 172 Å². The first-order valence-corrected chi connectivity index (χ1v) is 9.62. The van der Waals surface area contributed by atoms with E-state index < -0.39 is 0 Å². The molecule has 0 unspecified atom stereocenters. The minimum absolute atomic E-state index is 0. The van der Waals surface area contributed by atoms with Crippen LogP contribution in [0.15, 0.2) is 35.5 Å². The van der Waals surface area contributed by atoms with Gasteiger partial charge in [-0.15, -0.1) is 12.8 Å². The summed E-state index contributed by atoms with van der Waals surface area (Å²) >= 11 is 0. The van der Waals surface area contributed by atoms with Gasteiger partial charge in [-0.2, -0.15) is 12.2 Å². The van der Waals surface area contributed by atoms with Gasteiger partial charge in [0, 0.05) is 9.52 Å². The van der Waals surface area contributed by atoms with Gasteiger partial charge >= 0.3 is 25.8 Å². The van der Waals surface area contributed by atoms with E-state index in [4.69, 9.17) is 0 Å². The molecule has 0 aromatic heterocycles. The average Bonchev–Trinajstić information content (AvgIpc) is 3.05. The molecule has 0 N–H and O–H groups in total. The van der Waals surface area contributed by atoms with Gasteiger partial charge in [-0.25, -0.2) is 23.3 Å². The maximum Gasteiger partial charge on any atom is 4.00 e. The molecule has 0 aromatic carbocycles. The molecule has 0 aliphatic heterocycles. The first-order valence-electron chi connectivity index (χ1n) is 7.31. The third kappa shape index (κ3) is 15.5. The van der Waals surface area contributed by atoms with Crippen molar-refractivity contribution < 1.29 is 50.7 Å². The van der Waals surface area contributed by atoms with Crippen LogP contribution in [0.2, 0.25) is 13.1 Å². The van der Waals surface area contributed by atoms with Crippen LogP contribution in [0.1, 0.15) is 40.5 Å². The summed E-state index contributed by atoms with van der Waals surface area (Å²) in [6, 6.07) is 0. The quantitative estimate of drug-likeness (QED) is 0.329. The fourth-order valence-electron chi connectivity index (χ4n) is 1.64. The van der Waals surface area contributed by atoms with E-state index in [0.717, 1.165) is 22.4 Å². The summed E-state index contributed by atoms with van der Waals surface area (Å²) in [5.74, 6) is 1.32. The van der Waals surface area contributed by atoms with Crippen molar-refractivity contribution in [2.45, 2.75) is 53.6 Å². The standard InChI is InChI=1S/2C8H11.C2H7Si.2ClH.Hf/c2*1-7(2)8-5-3-4-6-8;1-3-2;;;/h2*3,5,7H,4H2,1-2H3;3H,1-2H3;2*1H;/q2*-1;;;;+4/p-2. The Morgan fingerprint density at radius 2 is 1.09 bits per heavy atom. The van der Waals surface area contributed by atoms with Crippen molar-refractivity contribution in [3.8, 4) is 0 Å². The van der Waals surface area contributed by atoms with E-state index in [0.29, 0.717) is 11.8 Å². The van der Waals surface area contributed by atoms with Gasteiger partial charge < -0.3 is 24.8 Å². The molecule has 0 saturated heterocycles. The first kappa shape index (κ1) is 30.5. The molecule has 22 heavy (non-hydrogen) atoms. The predicted molar refractivity (Wildman–Crippen MR) is 89.6 cm³/mol. The molecule has 0 atom stereocenters. The molecule has 0 spiro atoms. The summed E-state index contributed by atoms with van der Waals surface area (Å²) in [4.78, 5) is 0.